The minimum Gasteiger partial charge on any atom is -0.476 e. The van der Waals surface area contributed by atoms with E-state index in [0.29, 0.717) is 0 Å². The standard InChI is InChI=1S/C15H16N2O2S/c1-17-14(8-13(16-17)15(18)19)11-4-6-12(7-5-11)20-9-10-2-3-10/h4-8,10H,2-3,9H2,1H3,(H,18,19). The molecule has 1 saturated carbocycles. The van der Waals surface area contributed by atoms with E-state index in [1.807, 2.05) is 23.9 Å². The van der Waals surface area contributed by atoms with Crippen molar-refractivity contribution < 1.29 is 9.90 Å². The first-order chi connectivity index (χ1) is 9.63. The Morgan fingerprint density at radius 1 is 1.40 bits per heavy atom. The molecule has 1 N–H and O–H groups in total. The van der Waals surface area contributed by atoms with Gasteiger partial charge in [0.15, 0.2) is 5.69 Å². The Kier molecular flexibility index (Phi) is 3.53. The predicted molar refractivity (Wildman–Crippen MR) is 79.1 cm³/mol. The molecule has 5 heteroatoms. The number of nitrogens with zero attached hydrogens (tertiary/aromatic N) is 2. The molecule has 0 radical (unpaired) electrons. The molecule has 0 amide bonds. The van der Waals surface area contributed by atoms with E-state index >= 15 is 0 Å². The van der Waals surface area contributed by atoms with Crippen molar-refractivity contribution in [3.8, 4) is 11.3 Å². The Balaban J connectivity index is 1.77. The molecule has 0 aliphatic heterocycles. The number of thioether (sulfide) groups is 1. The third-order valence-corrected chi connectivity index (χ3v) is 4.68. The van der Waals surface area contributed by atoms with Gasteiger partial charge >= 0.3 is 5.97 Å². The zero-order chi connectivity index (χ0) is 14.1. The molecule has 20 heavy (non-hydrogen) atoms. The Morgan fingerprint density at radius 3 is 2.65 bits per heavy atom. The number of aromatic nitrogens is 2. The highest BCUT2D eigenvalue weighted by Gasteiger charge is 2.21. The Bertz CT molecular complexity index is 630. The van der Waals surface area contributed by atoms with E-state index < -0.39 is 5.97 Å². The molecule has 0 bridgehead atoms. The second kappa shape index (κ2) is 5.32. The second-order valence-electron chi connectivity index (χ2n) is 5.12. The van der Waals surface area contributed by atoms with Crippen LogP contribution in [0.5, 0.6) is 0 Å². The quantitative estimate of drug-likeness (QED) is 0.858. The van der Waals surface area contributed by atoms with E-state index in [2.05, 4.69) is 17.2 Å². The van der Waals surface area contributed by atoms with Gasteiger partial charge in [-0.05, 0) is 42.5 Å². The van der Waals surface area contributed by atoms with E-state index in [-0.39, 0.29) is 5.69 Å². The van der Waals surface area contributed by atoms with Crippen LogP contribution in [-0.2, 0) is 7.05 Å². The van der Waals surface area contributed by atoms with Crippen molar-refractivity contribution in [2.75, 3.05) is 5.75 Å². The number of carbonyl (C=O) groups is 1. The van der Waals surface area contributed by atoms with Crippen LogP contribution in [0.2, 0.25) is 0 Å². The fraction of sp³-hybridized carbons (Fsp3) is 0.333. The van der Waals surface area contributed by atoms with Crippen LogP contribution in [0.4, 0.5) is 0 Å². The van der Waals surface area contributed by atoms with Crippen LogP contribution in [0.3, 0.4) is 0 Å². The fourth-order valence-corrected chi connectivity index (χ4v) is 3.15. The number of hydrogen-bond donors (Lipinski definition) is 1. The van der Waals surface area contributed by atoms with E-state index in [1.54, 1.807) is 17.8 Å². The molecule has 0 saturated heterocycles. The molecule has 3 rings (SSSR count). The Hall–Kier alpha value is -1.75. The molecule has 0 unspecified atom stereocenters. The van der Waals surface area contributed by atoms with Gasteiger partial charge in [-0.15, -0.1) is 11.8 Å². The molecule has 1 aromatic carbocycles. The van der Waals surface area contributed by atoms with E-state index in [9.17, 15) is 4.79 Å². The number of aromatic carboxylic acids is 1. The summed E-state index contributed by atoms with van der Waals surface area (Å²) in [5.74, 6) is 1.12. The van der Waals surface area contributed by atoms with Crippen molar-refractivity contribution in [3.63, 3.8) is 0 Å². The summed E-state index contributed by atoms with van der Waals surface area (Å²) in [6.45, 7) is 0. The fourth-order valence-electron chi connectivity index (χ4n) is 2.06. The first-order valence-electron chi connectivity index (χ1n) is 6.64. The third-order valence-electron chi connectivity index (χ3n) is 3.43. The molecule has 1 aliphatic carbocycles. The lowest BCUT2D eigenvalue weighted by Crippen LogP contribution is -1.99. The summed E-state index contributed by atoms with van der Waals surface area (Å²) in [6, 6.07) is 9.84. The van der Waals surface area contributed by atoms with Crippen molar-refractivity contribution in [3.05, 3.63) is 36.0 Å². The summed E-state index contributed by atoms with van der Waals surface area (Å²) in [6.07, 6.45) is 2.75. The van der Waals surface area contributed by atoms with Gasteiger partial charge in [-0.2, -0.15) is 5.10 Å². The van der Waals surface area contributed by atoms with Crippen LogP contribution in [0.15, 0.2) is 35.2 Å². The van der Waals surface area contributed by atoms with Crippen molar-refractivity contribution in [1.29, 1.82) is 0 Å². The van der Waals surface area contributed by atoms with Crippen molar-refractivity contribution in [1.82, 2.24) is 9.78 Å². The largest absolute Gasteiger partial charge is 0.476 e. The number of benzene rings is 1. The van der Waals surface area contributed by atoms with Crippen LogP contribution in [0.1, 0.15) is 23.3 Å². The average molecular weight is 288 g/mol. The molecule has 1 aliphatic rings. The van der Waals surface area contributed by atoms with Crippen LogP contribution in [0.25, 0.3) is 11.3 Å². The van der Waals surface area contributed by atoms with Gasteiger partial charge in [0, 0.05) is 17.7 Å². The van der Waals surface area contributed by atoms with Crippen LogP contribution < -0.4 is 0 Å². The topological polar surface area (TPSA) is 55.1 Å². The maximum absolute atomic E-state index is 10.9. The highest BCUT2D eigenvalue weighted by Crippen LogP contribution is 2.35. The van der Waals surface area contributed by atoms with Gasteiger partial charge in [0.05, 0.1) is 5.69 Å². The van der Waals surface area contributed by atoms with E-state index in [4.69, 9.17) is 5.11 Å². The van der Waals surface area contributed by atoms with E-state index in [1.165, 1.54) is 23.5 Å². The van der Waals surface area contributed by atoms with Gasteiger partial charge in [0.25, 0.3) is 0 Å². The van der Waals surface area contributed by atoms with Gasteiger partial charge in [0.2, 0.25) is 0 Å². The third kappa shape index (κ3) is 2.88. The van der Waals surface area contributed by atoms with Gasteiger partial charge in [-0.3, -0.25) is 4.68 Å². The molecular weight excluding hydrogens is 272 g/mol. The molecule has 4 nitrogen and oxygen atoms in total. The van der Waals surface area contributed by atoms with Crippen LogP contribution in [-0.4, -0.2) is 26.6 Å². The molecule has 1 aromatic heterocycles. The van der Waals surface area contributed by atoms with Gasteiger partial charge in [-0.1, -0.05) is 12.1 Å². The summed E-state index contributed by atoms with van der Waals surface area (Å²) in [4.78, 5) is 12.2. The monoisotopic (exact) mass is 288 g/mol. The maximum Gasteiger partial charge on any atom is 0.356 e. The number of carboxylic acid groups (broad SMARTS) is 1. The summed E-state index contributed by atoms with van der Waals surface area (Å²) < 4.78 is 1.61. The molecule has 1 heterocycles. The second-order valence-corrected chi connectivity index (χ2v) is 6.22. The van der Waals surface area contributed by atoms with Crippen LogP contribution in [0, 0.1) is 5.92 Å². The highest BCUT2D eigenvalue weighted by atomic mass is 32.2. The van der Waals surface area contributed by atoms with Gasteiger partial charge < -0.3 is 5.11 Å². The number of carboxylic acids is 1. The number of hydrogen-bond acceptors (Lipinski definition) is 3. The van der Waals surface area contributed by atoms with Gasteiger partial charge in [-0.25, -0.2) is 4.79 Å². The molecule has 2 aromatic rings. The summed E-state index contributed by atoms with van der Waals surface area (Å²) >= 11 is 1.89. The first kappa shape index (κ1) is 13.2. The molecular formula is C15H16N2O2S. The van der Waals surface area contributed by atoms with Crippen molar-refractivity contribution in [2.45, 2.75) is 17.7 Å². The number of rotatable bonds is 5. The molecule has 0 spiro atoms. The summed E-state index contributed by atoms with van der Waals surface area (Å²) in [5.41, 5.74) is 1.89. The predicted octanol–water partition coefficient (Wildman–Crippen LogP) is 3.29. The zero-order valence-electron chi connectivity index (χ0n) is 11.2. The first-order valence-corrected chi connectivity index (χ1v) is 7.62. The Morgan fingerprint density at radius 2 is 2.10 bits per heavy atom. The molecule has 0 atom stereocenters. The van der Waals surface area contributed by atoms with Crippen LogP contribution >= 0.6 is 11.8 Å². The lowest BCUT2D eigenvalue weighted by Gasteiger charge is -2.04. The minimum absolute atomic E-state index is 0.0784. The smallest absolute Gasteiger partial charge is 0.356 e. The van der Waals surface area contributed by atoms with E-state index in [0.717, 1.165) is 17.2 Å². The minimum atomic E-state index is -0.997. The van der Waals surface area contributed by atoms with Gasteiger partial charge in [0.1, 0.15) is 0 Å². The lowest BCUT2D eigenvalue weighted by atomic mass is 10.1. The summed E-state index contributed by atoms with van der Waals surface area (Å²) in [7, 11) is 1.76. The zero-order valence-corrected chi connectivity index (χ0v) is 12.1. The molecule has 104 valence electrons. The lowest BCUT2D eigenvalue weighted by molar-refractivity contribution is 0.0689. The maximum atomic E-state index is 10.9. The highest BCUT2D eigenvalue weighted by molar-refractivity contribution is 7.99. The summed E-state index contributed by atoms with van der Waals surface area (Å²) in [5, 5.41) is 13.0. The SMILES string of the molecule is Cn1nc(C(=O)O)cc1-c1ccc(SCC2CC2)cc1. The normalized spacial score (nSPS) is 14.4. The number of aryl methyl sites for hydroxylation is 1. The van der Waals surface area contributed by atoms with Crippen molar-refractivity contribution in [2.24, 2.45) is 13.0 Å². The van der Waals surface area contributed by atoms with Crippen molar-refractivity contribution >= 4 is 17.7 Å². The average Bonchev–Trinajstić information content (AvgIpc) is 3.18. The molecule has 1 fully saturated rings. The Labute approximate surface area is 121 Å².